The molecule has 0 saturated heterocycles. The van der Waals surface area contributed by atoms with Crippen molar-refractivity contribution in [3.8, 4) is 0 Å². The SMILES string of the molecule is CC[C@H](NC(=O)CCCO)C(N)=O. The minimum absolute atomic E-state index is 0.0270. The van der Waals surface area contributed by atoms with E-state index in [-0.39, 0.29) is 18.9 Å². The van der Waals surface area contributed by atoms with Gasteiger partial charge in [-0.2, -0.15) is 0 Å². The average Bonchev–Trinajstić information content (AvgIpc) is 2.10. The van der Waals surface area contributed by atoms with E-state index >= 15 is 0 Å². The molecule has 0 radical (unpaired) electrons. The summed E-state index contributed by atoms with van der Waals surface area (Å²) in [4.78, 5) is 21.7. The van der Waals surface area contributed by atoms with E-state index in [0.717, 1.165) is 0 Å². The molecule has 0 bridgehead atoms. The highest BCUT2D eigenvalue weighted by atomic mass is 16.3. The Labute approximate surface area is 77.3 Å². The van der Waals surface area contributed by atoms with Gasteiger partial charge in [-0.05, 0) is 12.8 Å². The zero-order chi connectivity index (χ0) is 10.3. The van der Waals surface area contributed by atoms with Gasteiger partial charge in [-0.25, -0.2) is 0 Å². The standard InChI is InChI=1S/C8H16N2O3/c1-2-6(8(9)13)10-7(12)4-3-5-11/h6,11H,2-5H2,1H3,(H2,9,13)(H,10,12)/t6-/m0/s1. The minimum Gasteiger partial charge on any atom is -0.396 e. The molecule has 0 aromatic heterocycles. The third-order valence-corrected chi connectivity index (χ3v) is 1.65. The molecule has 0 aliphatic carbocycles. The summed E-state index contributed by atoms with van der Waals surface area (Å²) in [5.74, 6) is -0.778. The summed E-state index contributed by atoms with van der Waals surface area (Å²) in [6, 6.07) is -0.591. The van der Waals surface area contributed by atoms with Crippen LogP contribution in [0.1, 0.15) is 26.2 Å². The lowest BCUT2D eigenvalue weighted by Crippen LogP contribution is -2.43. The summed E-state index contributed by atoms with van der Waals surface area (Å²) in [5, 5.41) is 10.9. The maximum Gasteiger partial charge on any atom is 0.239 e. The van der Waals surface area contributed by atoms with E-state index in [4.69, 9.17) is 10.8 Å². The second kappa shape index (κ2) is 6.42. The van der Waals surface area contributed by atoms with Crippen LogP contribution in [0.5, 0.6) is 0 Å². The fourth-order valence-corrected chi connectivity index (χ4v) is 0.880. The fraction of sp³-hybridized carbons (Fsp3) is 0.750. The molecule has 4 N–H and O–H groups in total. The van der Waals surface area contributed by atoms with Crippen LogP contribution in [0, 0.1) is 0 Å². The summed E-state index contributed by atoms with van der Waals surface area (Å²) in [5.41, 5.74) is 5.02. The molecule has 0 saturated carbocycles. The van der Waals surface area contributed by atoms with Crippen LogP contribution in [0.2, 0.25) is 0 Å². The minimum atomic E-state index is -0.591. The fourth-order valence-electron chi connectivity index (χ4n) is 0.880. The molecular formula is C8H16N2O3. The Balaban J connectivity index is 3.80. The number of carbonyl (C=O) groups is 2. The van der Waals surface area contributed by atoms with E-state index in [9.17, 15) is 9.59 Å². The first kappa shape index (κ1) is 11.9. The molecule has 5 nitrogen and oxygen atoms in total. The topological polar surface area (TPSA) is 92.4 Å². The Morgan fingerprint density at radius 2 is 2.15 bits per heavy atom. The lowest BCUT2D eigenvalue weighted by molar-refractivity contribution is -0.127. The molecule has 0 rings (SSSR count). The number of primary amides is 1. The van der Waals surface area contributed by atoms with Crippen LogP contribution >= 0.6 is 0 Å². The van der Waals surface area contributed by atoms with Crippen LogP contribution in [0.3, 0.4) is 0 Å². The summed E-state index contributed by atoms with van der Waals surface area (Å²) in [6.45, 7) is 1.74. The van der Waals surface area contributed by atoms with Gasteiger partial charge < -0.3 is 16.2 Å². The smallest absolute Gasteiger partial charge is 0.239 e. The van der Waals surface area contributed by atoms with E-state index < -0.39 is 11.9 Å². The number of aliphatic hydroxyl groups is 1. The monoisotopic (exact) mass is 188 g/mol. The van der Waals surface area contributed by atoms with Crippen LogP contribution in [0.15, 0.2) is 0 Å². The average molecular weight is 188 g/mol. The number of carbonyl (C=O) groups excluding carboxylic acids is 2. The predicted molar refractivity (Wildman–Crippen MR) is 47.7 cm³/mol. The van der Waals surface area contributed by atoms with Crippen molar-refractivity contribution in [3.05, 3.63) is 0 Å². The van der Waals surface area contributed by atoms with Crippen molar-refractivity contribution in [1.29, 1.82) is 0 Å². The van der Waals surface area contributed by atoms with E-state index in [1.165, 1.54) is 0 Å². The van der Waals surface area contributed by atoms with Crippen molar-refractivity contribution in [2.75, 3.05) is 6.61 Å². The Kier molecular flexibility index (Phi) is 5.88. The molecule has 1 atom stereocenters. The highest BCUT2D eigenvalue weighted by molar-refractivity contribution is 5.86. The van der Waals surface area contributed by atoms with Gasteiger partial charge in [-0.3, -0.25) is 9.59 Å². The van der Waals surface area contributed by atoms with Crippen LogP contribution in [0.4, 0.5) is 0 Å². The lowest BCUT2D eigenvalue weighted by Gasteiger charge is -2.12. The van der Waals surface area contributed by atoms with Gasteiger partial charge in [-0.15, -0.1) is 0 Å². The van der Waals surface area contributed by atoms with E-state index in [0.29, 0.717) is 12.8 Å². The highest BCUT2D eigenvalue weighted by Crippen LogP contribution is 1.93. The number of hydrogen-bond donors (Lipinski definition) is 3. The summed E-state index contributed by atoms with van der Waals surface area (Å²) >= 11 is 0. The number of nitrogens with one attached hydrogen (secondary N) is 1. The van der Waals surface area contributed by atoms with E-state index in [2.05, 4.69) is 5.32 Å². The predicted octanol–water partition coefficient (Wildman–Crippen LogP) is -0.861. The largest absolute Gasteiger partial charge is 0.396 e. The van der Waals surface area contributed by atoms with E-state index in [1.807, 2.05) is 0 Å². The zero-order valence-corrected chi connectivity index (χ0v) is 7.75. The molecule has 0 aromatic carbocycles. The highest BCUT2D eigenvalue weighted by Gasteiger charge is 2.14. The number of aliphatic hydroxyl groups excluding tert-OH is 1. The molecule has 0 aliphatic rings. The van der Waals surface area contributed by atoms with Gasteiger partial charge >= 0.3 is 0 Å². The molecule has 76 valence electrons. The Morgan fingerprint density at radius 3 is 2.54 bits per heavy atom. The van der Waals surface area contributed by atoms with Gasteiger partial charge in [0.1, 0.15) is 6.04 Å². The molecule has 0 fully saturated rings. The molecule has 0 heterocycles. The van der Waals surface area contributed by atoms with Crippen molar-refractivity contribution >= 4 is 11.8 Å². The van der Waals surface area contributed by atoms with Crippen molar-refractivity contribution in [3.63, 3.8) is 0 Å². The molecule has 0 unspecified atom stereocenters. The first-order valence-electron chi connectivity index (χ1n) is 4.31. The molecule has 13 heavy (non-hydrogen) atoms. The number of hydrogen-bond acceptors (Lipinski definition) is 3. The van der Waals surface area contributed by atoms with Crippen molar-refractivity contribution < 1.29 is 14.7 Å². The maximum absolute atomic E-state index is 11.0. The number of rotatable bonds is 6. The number of nitrogens with two attached hydrogens (primary N) is 1. The summed E-state index contributed by atoms with van der Waals surface area (Å²) in [7, 11) is 0. The van der Waals surface area contributed by atoms with Gasteiger partial charge in [-0.1, -0.05) is 6.92 Å². The van der Waals surface area contributed by atoms with Gasteiger partial charge in [0.2, 0.25) is 11.8 Å². The molecule has 0 aliphatic heterocycles. The third-order valence-electron chi connectivity index (χ3n) is 1.65. The first-order chi connectivity index (χ1) is 6.11. The van der Waals surface area contributed by atoms with Crippen molar-refractivity contribution in [2.45, 2.75) is 32.2 Å². The second-order valence-corrected chi connectivity index (χ2v) is 2.76. The normalized spacial score (nSPS) is 12.2. The van der Waals surface area contributed by atoms with Gasteiger partial charge in [0.05, 0.1) is 0 Å². The van der Waals surface area contributed by atoms with E-state index in [1.54, 1.807) is 6.92 Å². The summed E-state index contributed by atoms with van der Waals surface area (Å²) in [6.07, 6.45) is 1.11. The molecular weight excluding hydrogens is 172 g/mol. The Morgan fingerprint density at radius 1 is 1.54 bits per heavy atom. The Bertz CT molecular complexity index is 182. The third kappa shape index (κ3) is 5.19. The number of amides is 2. The zero-order valence-electron chi connectivity index (χ0n) is 7.75. The Hall–Kier alpha value is -1.10. The molecule has 2 amide bonds. The van der Waals surface area contributed by atoms with Crippen molar-refractivity contribution in [1.82, 2.24) is 5.32 Å². The van der Waals surface area contributed by atoms with Gasteiger partial charge in [0.25, 0.3) is 0 Å². The molecule has 0 aromatic rings. The van der Waals surface area contributed by atoms with Crippen LogP contribution in [0.25, 0.3) is 0 Å². The van der Waals surface area contributed by atoms with Crippen molar-refractivity contribution in [2.24, 2.45) is 5.73 Å². The van der Waals surface area contributed by atoms with Crippen LogP contribution in [-0.4, -0.2) is 29.6 Å². The first-order valence-corrected chi connectivity index (χ1v) is 4.31. The maximum atomic E-state index is 11.0. The summed E-state index contributed by atoms with van der Waals surface area (Å²) < 4.78 is 0. The molecule has 5 heteroatoms. The quantitative estimate of drug-likeness (QED) is 0.506. The lowest BCUT2D eigenvalue weighted by atomic mass is 10.2. The second-order valence-electron chi connectivity index (χ2n) is 2.76. The van der Waals surface area contributed by atoms with Gasteiger partial charge in [0.15, 0.2) is 0 Å². The van der Waals surface area contributed by atoms with Crippen LogP contribution < -0.4 is 11.1 Å². The molecule has 0 spiro atoms. The van der Waals surface area contributed by atoms with Crippen LogP contribution in [-0.2, 0) is 9.59 Å². The van der Waals surface area contributed by atoms with Gasteiger partial charge in [0, 0.05) is 13.0 Å².